The van der Waals surface area contributed by atoms with Gasteiger partial charge in [0.15, 0.2) is 23.6 Å². The number of ketones is 1. The highest BCUT2D eigenvalue weighted by Gasteiger charge is 2.48. The van der Waals surface area contributed by atoms with Crippen molar-refractivity contribution in [3.8, 4) is 23.0 Å². The highest BCUT2D eigenvalue weighted by Crippen LogP contribution is 2.46. The van der Waals surface area contributed by atoms with E-state index in [-0.39, 0.29) is 29.2 Å². The average Bonchev–Trinajstić information content (AvgIpc) is 3.03. The Hall–Kier alpha value is -3.09. The molecule has 2 aliphatic heterocycles. The number of aliphatic hydroxyl groups is 7. The number of carbonyl (C=O) groups is 1. The van der Waals surface area contributed by atoms with Gasteiger partial charge < -0.3 is 69.3 Å². The van der Waals surface area contributed by atoms with Crippen molar-refractivity contribution in [3.63, 3.8) is 0 Å². The number of aryl methyl sites for hydroxylation is 1. The molecule has 2 aromatic carbocycles. The molecule has 0 amide bonds. The molecule has 0 saturated carbocycles. The minimum absolute atomic E-state index is 0.0436. The van der Waals surface area contributed by atoms with Gasteiger partial charge in [0, 0.05) is 12.5 Å². The monoisotopic (exact) mass is 626 g/mol. The number of hydrogen-bond donors (Lipinski definition) is 8. The lowest BCUT2D eigenvalue weighted by molar-refractivity contribution is -0.323. The maximum atomic E-state index is 13.1. The molecule has 0 unspecified atom stereocenters. The maximum Gasteiger partial charge on any atom is 0.229 e. The van der Waals surface area contributed by atoms with Gasteiger partial charge in [0.1, 0.15) is 60.1 Å². The van der Waals surface area contributed by atoms with Crippen molar-refractivity contribution >= 4 is 5.78 Å². The molecule has 0 radical (unpaired) electrons. The van der Waals surface area contributed by atoms with Gasteiger partial charge in [0.25, 0.3) is 0 Å². The quantitative estimate of drug-likeness (QED) is 0.122. The van der Waals surface area contributed by atoms with Crippen LogP contribution in [0, 0.1) is 0 Å². The molecular weight excluding hydrogens is 588 g/mol. The second kappa shape index (κ2) is 14.8. The minimum atomic E-state index is -1.82. The van der Waals surface area contributed by atoms with Crippen molar-refractivity contribution in [2.45, 2.75) is 74.3 Å². The van der Waals surface area contributed by atoms with Crippen LogP contribution >= 0.6 is 0 Å². The Morgan fingerprint density at radius 3 is 2.02 bits per heavy atom. The summed E-state index contributed by atoms with van der Waals surface area (Å²) in [6, 6.07) is 10.5. The van der Waals surface area contributed by atoms with Crippen LogP contribution in [0.25, 0.3) is 0 Å². The molecule has 2 heterocycles. The number of aromatic hydroxyl groups is 1. The Morgan fingerprint density at radius 2 is 1.41 bits per heavy atom. The molecule has 44 heavy (non-hydrogen) atoms. The first-order valence-electron chi connectivity index (χ1n) is 13.9. The fourth-order valence-corrected chi connectivity index (χ4v) is 5.02. The first-order valence-corrected chi connectivity index (χ1v) is 13.9. The van der Waals surface area contributed by atoms with E-state index < -0.39 is 86.2 Å². The Morgan fingerprint density at radius 1 is 0.795 bits per heavy atom. The van der Waals surface area contributed by atoms with Gasteiger partial charge in [-0.25, -0.2) is 0 Å². The van der Waals surface area contributed by atoms with Gasteiger partial charge >= 0.3 is 0 Å². The van der Waals surface area contributed by atoms with E-state index in [2.05, 4.69) is 0 Å². The summed E-state index contributed by atoms with van der Waals surface area (Å²) in [6.07, 6.45) is -15.9. The van der Waals surface area contributed by atoms with Crippen LogP contribution in [0.2, 0.25) is 0 Å². The number of carbonyl (C=O) groups excluding carboxylic acids is 1. The topological polar surface area (TPSA) is 234 Å². The van der Waals surface area contributed by atoms with Crippen LogP contribution in [-0.4, -0.2) is 135 Å². The van der Waals surface area contributed by atoms with E-state index in [4.69, 9.17) is 28.4 Å². The normalized spacial score (nSPS) is 32.2. The van der Waals surface area contributed by atoms with Gasteiger partial charge in [-0.3, -0.25) is 4.79 Å². The van der Waals surface area contributed by atoms with Crippen LogP contribution < -0.4 is 14.2 Å². The predicted molar refractivity (Wildman–Crippen MR) is 147 cm³/mol. The average molecular weight is 627 g/mol. The molecule has 0 bridgehead atoms. The lowest BCUT2D eigenvalue weighted by Crippen LogP contribution is -2.62. The first-order chi connectivity index (χ1) is 21.0. The second-order valence-corrected chi connectivity index (χ2v) is 10.4. The van der Waals surface area contributed by atoms with Crippen molar-refractivity contribution in [3.05, 3.63) is 47.5 Å². The van der Waals surface area contributed by atoms with Crippen LogP contribution in [0.5, 0.6) is 23.0 Å². The summed E-state index contributed by atoms with van der Waals surface area (Å²) < 4.78 is 32.7. The fraction of sp³-hybridized carbons (Fsp3) is 0.552. The van der Waals surface area contributed by atoms with E-state index >= 15 is 0 Å². The SMILES string of the molecule is COc1cc(O[C@@H]2O[C@H](CO[C@@H]3O[C@H](CO)[C@@H](O)[C@H](O)[C@H]3O)[C@@H](O)[C@H](O)[C@H]2O)c(OC)c(O)c1C(=O)CCc1ccccc1. The summed E-state index contributed by atoms with van der Waals surface area (Å²) in [5.74, 6) is -1.62. The molecular formula is C29H38O15. The maximum absolute atomic E-state index is 13.1. The van der Waals surface area contributed by atoms with Crippen LogP contribution in [0.15, 0.2) is 36.4 Å². The van der Waals surface area contributed by atoms with E-state index in [1.165, 1.54) is 20.3 Å². The number of ether oxygens (including phenoxy) is 6. The molecule has 15 nitrogen and oxygen atoms in total. The van der Waals surface area contributed by atoms with Gasteiger partial charge in [-0.15, -0.1) is 0 Å². The number of aliphatic hydroxyl groups excluding tert-OH is 7. The van der Waals surface area contributed by atoms with Gasteiger partial charge in [0.05, 0.1) is 27.4 Å². The van der Waals surface area contributed by atoms with Crippen molar-refractivity contribution in [2.24, 2.45) is 0 Å². The zero-order chi connectivity index (χ0) is 32.1. The zero-order valence-corrected chi connectivity index (χ0v) is 24.0. The number of methoxy groups -OCH3 is 2. The summed E-state index contributed by atoms with van der Waals surface area (Å²) in [7, 11) is 2.48. The molecule has 244 valence electrons. The van der Waals surface area contributed by atoms with E-state index in [1.807, 2.05) is 30.3 Å². The number of hydrogen-bond acceptors (Lipinski definition) is 15. The predicted octanol–water partition coefficient (Wildman–Crippen LogP) is -1.77. The minimum Gasteiger partial charge on any atom is -0.504 e. The smallest absolute Gasteiger partial charge is 0.229 e. The van der Waals surface area contributed by atoms with Crippen molar-refractivity contribution in [2.75, 3.05) is 27.4 Å². The number of benzene rings is 2. The number of Topliss-reactive ketones (excluding diaryl/α,β-unsaturated/α-hetero) is 1. The Labute approximate surface area is 252 Å². The standard InChI is InChI=1S/C29H38O15/c1-39-15-10-16(27(40-2)22(34)19(15)14(31)9-8-13-6-4-3-5-7-13)42-29-26(38)24(36)21(33)18(44-29)12-41-28-25(37)23(35)20(32)17(11-30)43-28/h3-7,10,17-18,20-21,23-26,28-30,32-38H,8-9,11-12H2,1-2H3/t17-,18-,20-,21-,23+,24+,25-,26-,28-,29-/m1/s1. The van der Waals surface area contributed by atoms with Gasteiger partial charge in [0.2, 0.25) is 12.0 Å². The van der Waals surface area contributed by atoms with E-state index in [9.17, 15) is 45.6 Å². The summed E-state index contributed by atoms with van der Waals surface area (Å²) in [4.78, 5) is 13.1. The third kappa shape index (κ3) is 7.07. The molecule has 0 aliphatic carbocycles. The molecule has 10 atom stereocenters. The van der Waals surface area contributed by atoms with Gasteiger partial charge in [-0.05, 0) is 12.0 Å². The Kier molecular flexibility index (Phi) is 11.4. The summed E-state index contributed by atoms with van der Waals surface area (Å²) in [5.41, 5.74) is 0.763. The summed E-state index contributed by atoms with van der Waals surface area (Å²) in [6.45, 7) is -1.27. The lowest BCUT2D eigenvalue weighted by atomic mass is 9.98. The molecule has 2 saturated heterocycles. The molecule has 8 N–H and O–H groups in total. The Bertz CT molecular complexity index is 1240. The summed E-state index contributed by atoms with van der Waals surface area (Å²) >= 11 is 0. The molecule has 2 aromatic rings. The van der Waals surface area contributed by atoms with Crippen molar-refractivity contribution < 1.29 is 74.1 Å². The number of phenolic OH excluding ortho intramolecular Hbond substituents is 1. The highest BCUT2D eigenvalue weighted by atomic mass is 16.7. The number of rotatable bonds is 12. The van der Waals surface area contributed by atoms with Crippen LogP contribution in [0.1, 0.15) is 22.3 Å². The molecule has 0 aromatic heterocycles. The first kappa shape index (κ1) is 33.8. The molecule has 2 fully saturated rings. The molecule has 15 heteroatoms. The van der Waals surface area contributed by atoms with Crippen LogP contribution in [-0.2, 0) is 20.6 Å². The van der Waals surface area contributed by atoms with E-state index in [0.29, 0.717) is 6.42 Å². The highest BCUT2D eigenvalue weighted by molar-refractivity contribution is 6.02. The third-order valence-electron chi connectivity index (χ3n) is 7.56. The zero-order valence-electron chi connectivity index (χ0n) is 24.0. The summed E-state index contributed by atoms with van der Waals surface area (Å²) in [5, 5.41) is 82.2. The second-order valence-electron chi connectivity index (χ2n) is 10.4. The Balaban J connectivity index is 1.50. The third-order valence-corrected chi connectivity index (χ3v) is 7.56. The molecule has 2 aliphatic rings. The fourth-order valence-electron chi connectivity index (χ4n) is 5.02. The van der Waals surface area contributed by atoms with Gasteiger partial charge in [-0.2, -0.15) is 0 Å². The lowest BCUT2D eigenvalue weighted by Gasteiger charge is -2.42. The van der Waals surface area contributed by atoms with Crippen LogP contribution in [0.4, 0.5) is 0 Å². The van der Waals surface area contributed by atoms with Crippen molar-refractivity contribution in [1.82, 2.24) is 0 Å². The van der Waals surface area contributed by atoms with E-state index in [1.54, 1.807) is 0 Å². The van der Waals surface area contributed by atoms with Crippen molar-refractivity contribution in [1.29, 1.82) is 0 Å². The molecule has 0 spiro atoms. The van der Waals surface area contributed by atoms with Gasteiger partial charge in [-0.1, -0.05) is 30.3 Å². The largest absolute Gasteiger partial charge is 0.504 e. The van der Waals surface area contributed by atoms with E-state index in [0.717, 1.165) is 5.56 Å². The number of phenols is 1. The molecule has 4 rings (SSSR count). The van der Waals surface area contributed by atoms with Crippen LogP contribution in [0.3, 0.4) is 0 Å².